The third-order valence-corrected chi connectivity index (χ3v) is 3.78. The molecule has 1 heterocycles. The molecule has 0 spiro atoms. The molecule has 0 aromatic heterocycles. The lowest BCUT2D eigenvalue weighted by molar-refractivity contribution is -0.133. The van der Waals surface area contributed by atoms with Crippen LogP contribution in [0.15, 0.2) is 0 Å². The number of nitrogens with one attached hydrogen (secondary N) is 2. The molecule has 106 valence electrons. The lowest BCUT2D eigenvalue weighted by Gasteiger charge is -2.40. The molecular formula is C13H27N3O2. The third kappa shape index (κ3) is 3.67. The minimum Gasteiger partial charge on any atom is -0.394 e. The Kier molecular flexibility index (Phi) is 5.56. The Balaban J connectivity index is 2.62. The Morgan fingerprint density at radius 3 is 2.39 bits per heavy atom. The molecule has 0 aliphatic carbocycles. The van der Waals surface area contributed by atoms with Crippen molar-refractivity contribution in [3.05, 3.63) is 0 Å². The largest absolute Gasteiger partial charge is 0.394 e. The summed E-state index contributed by atoms with van der Waals surface area (Å²) in [4.78, 5) is 14.5. The molecule has 1 aliphatic heterocycles. The smallest absolute Gasteiger partial charge is 0.240 e. The van der Waals surface area contributed by atoms with E-state index in [1.807, 2.05) is 27.7 Å². The molecule has 1 saturated heterocycles. The SMILES string of the molecule is CC(C)C(CO)NC(=O)C(C)(C)N1CCNCC1. The number of rotatable bonds is 5. The first-order chi connectivity index (χ1) is 8.39. The minimum absolute atomic E-state index is 0.00264. The van der Waals surface area contributed by atoms with Crippen molar-refractivity contribution in [2.75, 3.05) is 32.8 Å². The van der Waals surface area contributed by atoms with E-state index >= 15 is 0 Å². The van der Waals surface area contributed by atoms with E-state index in [0.29, 0.717) is 0 Å². The summed E-state index contributed by atoms with van der Waals surface area (Å²) in [5, 5.41) is 15.5. The summed E-state index contributed by atoms with van der Waals surface area (Å²) >= 11 is 0. The summed E-state index contributed by atoms with van der Waals surface area (Å²) in [6.07, 6.45) is 0. The van der Waals surface area contributed by atoms with Crippen LogP contribution in [0, 0.1) is 5.92 Å². The third-order valence-electron chi connectivity index (χ3n) is 3.78. The maximum absolute atomic E-state index is 12.4. The second-order valence-corrected chi connectivity index (χ2v) is 5.80. The Labute approximate surface area is 110 Å². The Hall–Kier alpha value is -0.650. The first-order valence-corrected chi connectivity index (χ1v) is 6.77. The molecule has 18 heavy (non-hydrogen) atoms. The molecular weight excluding hydrogens is 230 g/mol. The normalized spacial score (nSPS) is 19.9. The number of aliphatic hydroxyl groups excluding tert-OH is 1. The van der Waals surface area contributed by atoms with Gasteiger partial charge in [-0.05, 0) is 19.8 Å². The van der Waals surface area contributed by atoms with Crippen LogP contribution < -0.4 is 10.6 Å². The number of aliphatic hydroxyl groups is 1. The predicted octanol–water partition coefficient (Wildman–Crippen LogP) is -0.197. The van der Waals surface area contributed by atoms with Gasteiger partial charge in [-0.3, -0.25) is 9.69 Å². The summed E-state index contributed by atoms with van der Waals surface area (Å²) in [5.74, 6) is 0.231. The van der Waals surface area contributed by atoms with E-state index in [2.05, 4.69) is 15.5 Å². The van der Waals surface area contributed by atoms with E-state index < -0.39 is 5.54 Å². The monoisotopic (exact) mass is 257 g/mol. The highest BCUT2D eigenvalue weighted by Crippen LogP contribution is 2.16. The van der Waals surface area contributed by atoms with Crippen LogP contribution in [-0.4, -0.2) is 60.3 Å². The van der Waals surface area contributed by atoms with Crippen molar-refractivity contribution in [1.29, 1.82) is 0 Å². The maximum Gasteiger partial charge on any atom is 0.240 e. The van der Waals surface area contributed by atoms with Crippen LogP contribution in [-0.2, 0) is 4.79 Å². The Morgan fingerprint density at radius 2 is 1.94 bits per heavy atom. The van der Waals surface area contributed by atoms with Gasteiger partial charge < -0.3 is 15.7 Å². The number of nitrogens with zero attached hydrogens (tertiary/aromatic N) is 1. The van der Waals surface area contributed by atoms with Crippen LogP contribution in [0.1, 0.15) is 27.7 Å². The topological polar surface area (TPSA) is 64.6 Å². The van der Waals surface area contributed by atoms with Crippen molar-refractivity contribution in [3.63, 3.8) is 0 Å². The first-order valence-electron chi connectivity index (χ1n) is 6.77. The molecule has 5 heteroatoms. The van der Waals surface area contributed by atoms with Gasteiger partial charge in [0.2, 0.25) is 5.91 Å². The van der Waals surface area contributed by atoms with Crippen molar-refractivity contribution in [2.24, 2.45) is 5.92 Å². The zero-order chi connectivity index (χ0) is 13.8. The van der Waals surface area contributed by atoms with Gasteiger partial charge in [0.25, 0.3) is 0 Å². The van der Waals surface area contributed by atoms with Gasteiger partial charge in [-0.2, -0.15) is 0 Å². The van der Waals surface area contributed by atoms with E-state index in [1.54, 1.807) is 0 Å². The molecule has 1 fully saturated rings. The molecule has 0 radical (unpaired) electrons. The number of carbonyl (C=O) groups is 1. The maximum atomic E-state index is 12.4. The molecule has 1 unspecified atom stereocenters. The van der Waals surface area contributed by atoms with Gasteiger partial charge in [-0.1, -0.05) is 13.8 Å². The first kappa shape index (κ1) is 15.4. The lowest BCUT2D eigenvalue weighted by atomic mass is 9.98. The highest BCUT2D eigenvalue weighted by atomic mass is 16.3. The van der Waals surface area contributed by atoms with Crippen molar-refractivity contribution in [1.82, 2.24) is 15.5 Å². The zero-order valence-electron chi connectivity index (χ0n) is 12.0. The molecule has 0 bridgehead atoms. The summed E-state index contributed by atoms with van der Waals surface area (Å²) < 4.78 is 0. The molecule has 0 aromatic rings. The standard InChI is InChI=1S/C13H27N3O2/c1-10(2)11(9-17)15-12(18)13(3,4)16-7-5-14-6-8-16/h10-11,14,17H,5-9H2,1-4H3,(H,15,18). The van der Waals surface area contributed by atoms with Crippen molar-refractivity contribution < 1.29 is 9.90 Å². The van der Waals surface area contributed by atoms with Crippen LogP contribution in [0.3, 0.4) is 0 Å². The second kappa shape index (κ2) is 6.50. The van der Waals surface area contributed by atoms with Crippen molar-refractivity contribution in [2.45, 2.75) is 39.3 Å². The summed E-state index contributed by atoms with van der Waals surface area (Å²) in [5.41, 5.74) is -0.523. The van der Waals surface area contributed by atoms with Gasteiger partial charge in [0.1, 0.15) is 0 Å². The average molecular weight is 257 g/mol. The highest BCUT2D eigenvalue weighted by Gasteiger charge is 2.36. The van der Waals surface area contributed by atoms with Gasteiger partial charge in [-0.25, -0.2) is 0 Å². The van der Waals surface area contributed by atoms with E-state index in [1.165, 1.54) is 0 Å². The molecule has 1 atom stereocenters. The summed E-state index contributed by atoms with van der Waals surface area (Å²) in [7, 11) is 0. The molecule has 3 N–H and O–H groups in total. The van der Waals surface area contributed by atoms with Gasteiger partial charge in [0.05, 0.1) is 18.2 Å². The number of piperazine rings is 1. The van der Waals surface area contributed by atoms with Crippen LogP contribution in [0.25, 0.3) is 0 Å². The number of hydrogen-bond donors (Lipinski definition) is 3. The van der Waals surface area contributed by atoms with Gasteiger partial charge >= 0.3 is 0 Å². The minimum atomic E-state index is -0.523. The van der Waals surface area contributed by atoms with Crippen LogP contribution >= 0.6 is 0 Å². The fraction of sp³-hybridized carbons (Fsp3) is 0.923. The Bertz CT molecular complexity index is 273. The average Bonchev–Trinajstić information content (AvgIpc) is 2.36. The van der Waals surface area contributed by atoms with E-state index in [0.717, 1.165) is 26.2 Å². The molecule has 1 rings (SSSR count). The predicted molar refractivity (Wildman–Crippen MR) is 72.4 cm³/mol. The molecule has 0 saturated carbocycles. The Morgan fingerprint density at radius 1 is 1.39 bits per heavy atom. The van der Waals surface area contributed by atoms with E-state index in [4.69, 9.17) is 0 Å². The summed E-state index contributed by atoms with van der Waals surface area (Å²) in [6.45, 7) is 11.5. The summed E-state index contributed by atoms with van der Waals surface area (Å²) in [6, 6.07) is -0.167. The van der Waals surface area contributed by atoms with Crippen molar-refractivity contribution >= 4 is 5.91 Å². The number of hydrogen-bond acceptors (Lipinski definition) is 4. The second-order valence-electron chi connectivity index (χ2n) is 5.80. The van der Waals surface area contributed by atoms with Crippen LogP contribution in [0.5, 0.6) is 0 Å². The van der Waals surface area contributed by atoms with Gasteiger partial charge in [0, 0.05) is 26.2 Å². The van der Waals surface area contributed by atoms with Crippen molar-refractivity contribution in [3.8, 4) is 0 Å². The highest BCUT2D eigenvalue weighted by molar-refractivity contribution is 5.85. The molecule has 1 amide bonds. The molecule has 5 nitrogen and oxygen atoms in total. The van der Waals surface area contributed by atoms with Crippen LogP contribution in [0.2, 0.25) is 0 Å². The fourth-order valence-electron chi connectivity index (χ4n) is 2.14. The number of carbonyl (C=O) groups excluding carboxylic acids is 1. The molecule has 0 aromatic carbocycles. The van der Waals surface area contributed by atoms with Crippen LogP contribution in [0.4, 0.5) is 0 Å². The van der Waals surface area contributed by atoms with Gasteiger partial charge in [0.15, 0.2) is 0 Å². The fourth-order valence-corrected chi connectivity index (χ4v) is 2.14. The quantitative estimate of drug-likeness (QED) is 0.638. The van der Waals surface area contributed by atoms with Gasteiger partial charge in [-0.15, -0.1) is 0 Å². The molecule has 1 aliphatic rings. The number of amides is 1. The lowest BCUT2D eigenvalue weighted by Crippen LogP contribution is -2.61. The van der Waals surface area contributed by atoms with E-state index in [9.17, 15) is 9.90 Å². The zero-order valence-corrected chi connectivity index (χ0v) is 12.0. The van der Waals surface area contributed by atoms with E-state index in [-0.39, 0.29) is 24.5 Å².